The van der Waals surface area contributed by atoms with Crippen LogP contribution < -0.4 is 5.32 Å². The molecule has 0 aliphatic carbocycles. The minimum atomic E-state index is 0.0916. The largest absolute Gasteiger partial charge is 0.308 e. The fourth-order valence-corrected chi connectivity index (χ4v) is 3.38. The third-order valence-corrected chi connectivity index (χ3v) is 4.60. The molecule has 0 bridgehead atoms. The van der Waals surface area contributed by atoms with Gasteiger partial charge in [0, 0.05) is 47.1 Å². The van der Waals surface area contributed by atoms with Crippen LogP contribution in [0.2, 0.25) is 0 Å². The molecule has 0 spiro atoms. The summed E-state index contributed by atoms with van der Waals surface area (Å²) in [4.78, 5) is 2.82. The smallest absolute Gasteiger partial charge is 0.0722 e. The number of nitrogens with zero attached hydrogens (tertiary/aromatic N) is 2. The standard InChI is InChI=1S/C16H25N3S/c1-11-7-14(20-12(11)2)9-17-8-13-10-19(6)18-15(13)16(3,4)5/h7,10,17H,8-9H2,1-6H3. The lowest BCUT2D eigenvalue weighted by molar-refractivity contribution is 0.543. The maximum atomic E-state index is 4.61. The third kappa shape index (κ3) is 3.49. The van der Waals surface area contributed by atoms with Crippen molar-refractivity contribution in [3.63, 3.8) is 0 Å². The maximum Gasteiger partial charge on any atom is 0.0722 e. The molecule has 2 aromatic rings. The number of thiophene rings is 1. The summed E-state index contributed by atoms with van der Waals surface area (Å²) in [7, 11) is 1.99. The van der Waals surface area contributed by atoms with Gasteiger partial charge in [-0.05, 0) is 25.5 Å². The van der Waals surface area contributed by atoms with E-state index in [0.717, 1.165) is 13.1 Å². The van der Waals surface area contributed by atoms with Crippen LogP contribution in [0, 0.1) is 13.8 Å². The van der Waals surface area contributed by atoms with E-state index in [9.17, 15) is 0 Å². The normalized spacial score (nSPS) is 12.1. The van der Waals surface area contributed by atoms with Crippen LogP contribution in [0.1, 0.15) is 47.3 Å². The second-order valence-electron chi connectivity index (χ2n) is 6.48. The van der Waals surface area contributed by atoms with Crippen LogP contribution in [0.4, 0.5) is 0 Å². The highest BCUT2D eigenvalue weighted by atomic mass is 32.1. The van der Waals surface area contributed by atoms with Gasteiger partial charge in [0.25, 0.3) is 0 Å². The quantitative estimate of drug-likeness (QED) is 0.931. The number of nitrogens with one attached hydrogen (secondary N) is 1. The Hall–Kier alpha value is -1.13. The SMILES string of the molecule is Cc1cc(CNCc2cn(C)nc2C(C)(C)C)sc1C. The van der Waals surface area contributed by atoms with E-state index in [4.69, 9.17) is 0 Å². The monoisotopic (exact) mass is 291 g/mol. The number of aromatic nitrogens is 2. The Morgan fingerprint density at radius 2 is 1.95 bits per heavy atom. The van der Waals surface area contributed by atoms with E-state index < -0.39 is 0 Å². The molecule has 0 atom stereocenters. The summed E-state index contributed by atoms with van der Waals surface area (Å²) in [5, 5.41) is 8.15. The van der Waals surface area contributed by atoms with Crippen LogP contribution in [-0.4, -0.2) is 9.78 Å². The van der Waals surface area contributed by atoms with Crippen LogP contribution in [0.15, 0.2) is 12.3 Å². The van der Waals surface area contributed by atoms with Gasteiger partial charge in [0.1, 0.15) is 0 Å². The highest BCUT2D eigenvalue weighted by molar-refractivity contribution is 7.12. The molecule has 0 amide bonds. The lowest BCUT2D eigenvalue weighted by Crippen LogP contribution is -2.18. The van der Waals surface area contributed by atoms with E-state index in [1.165, 1.54) is 26.6 Å². The first-order valence-electron chi connectivity index (χ1n) is 7.07. The van der Waals surface area contributed by atoms with Gasteiger partial charge in [-0.1, -0.05) is 20.8 Å². The van der Waals surface area contributed by atoms with E-state index in [-0.39, 0.29) is 5.41 Å². The summed E-state index contributed by atoms with van der Waals surface area (Å²) >= 11 is 1.88. The molecule has 0 aliphatic heterocycles. The zero-order valence-corrected chi connectivity index (χ0v) is 14.2. The minimum absolute atomic E-state index is 0.0916. The topological polar surface area (TPSA) is 29.9 Å². The van der Waals surface area contributed by atoms with Crippen LogP contribution >= 0.6 is 11.3 Å². The van der Waals surface area contributed by atoms with Gasteiger partial charge in [-0.3, -0.25) is 4.68 Å². The van der Waals surface area contributed by atoms with Crippen molar-refractivity contribution in [3.05, 3.63) is 38.8 Å². The van der Waals surface area contributed by atoms with E-state index in [0.29, 0.717) is 0 Å². The Bertz CT molecular complexity index is 568. The van der Waals surface area contributed by atoms with E-state index in [2.05, 4.69) is 57.3 Å². The van der Waals surface area contributed by atoms with Crippen LogP contribution in [0.5, 0.6) is 0 Å². The summed E-state index contributed by atoms with van der Waals surface area (Å²) in [5.74, 6) is 0. The van der Waals surface area contributed by atoms with E-state index >= 15 is 0 Å². The van der Waals surface area contributed by atoms with Crippen molar-refractivity contribution >= 4 is 11.3 Å². The molecule has 3 nitrogen and oxygen atoms in total. The molecule has 1 N–H and O–H groups in total. The second kappa shape index (κ2) is 5.70. The van der Waals surface area contributed by atoms with Gasteiger partial charge in [-0.2, -0.15) is 5.10 Å². The molecule has 2 heterocycles. The molecule has 0 saturated carbocycles. The Balaban J connectivity index is 2.01. The molecule has 0 unspecified atom stereocenters. The van der Waals surface area contributed by atoms with Gasteiger partial charge >= 0.3 is 0 Å². The molecule has 0 aromatic carbocycles. The summed E-state index contributed by atoms with van der Waals surface area (Å²) in [6.45, 7) is 12.8. The van der Waals surface area contributed by atoms with Gasteiger partial charge in [0.2, 0.25) is 0 Å². The predicted octanol–water partition coefficient (Wildman–Crippen LogP) is 3.69. The van der Waals surface area contributed by atoms with Crippen molar-refractivity contribution in [2.75, 3.05) is 0 Å². The Kier molecular flexibility index (Phi) is 4.35. The van der Waals surface area contributed by atoms with Crippen LogP contribution in [0.25, 0.3) is 0 Å². The number of rotatable bonds is 4. The molecular weight excluding hydrogens is 266 g/mol. The van der Waals surface area contributed by atoms with Gasteiger partial charge in [0.05, 0.1) is 5.69 Å². The fourth-order valence-electron chi connectivity index (χ4n) is 2.36. The van der Waals surface area contributed by atoms with Gasteiger partial charge in [-0.15, -0.1) is 11.3 Å². The zero-order valence-electron chi connectivity index (χ0n) is 13.4. The Morgan fingerprint density at radius 1 is 1.25 bits per heavy atom. The van der Waals surface area contributed by atoms with Crippen molar-refractivity contribution in [2.45, 2.75) is 53.1 Å². The van der Waals surface area contributed by atoms with Gasteiger partial charge in [-0.25, -0.2) is 0 Å². The first kappa shape index (κ1) is 15.3. The maximum absolute atomic E-state index is 4.61. The van der Waals surface area contributed by atoms with Crippen molar-refractivity contribution in [1.82, 2.24) is 15.1 Å². The van der Waals surface area contributed by atoms with Crippen molar-refractivity contribution in [2.24, 2.45) is 7.05 Å². The van der Waals surface area contributed by atoms with Gasteiger partial charge < -0.3 is 5.32 Å². The molecule has 0 aliphatic rings. The lowest BCUT2D eigenvalue weighted by Gasteiger charge is -2.17. The highest BCUT2D eigenvalue weighted by Gasteiger charge is 2.21. The molecule has 0 saturated heterocycles. The zero-order chi connectivity index (χ0) is 14.9. The molecule has 2 aromatic heterocycles. The van der Waals surface area contributed by atoms with Crippen molar-refractivity contribution in [3.8, 4) is 0 Å². The van der Waals surface area contributed by atoms with Crippen molar-refractivity contribution < 1.29 is 0 Å². The Labute approximate surface area is 126 Å². The summed E-state index contributed by atoms with van der Waals surface area (Å²) in [6.07, 6.45) is 2.12. The summed E-state index contributed by atoms with van der Waals surface area (Å²) in [6, 6.07) is 2.28. The minimum Gasteiger partial charge on any atom is -0.308 e. The van der Waals surface area contributed by atoms with Crippen LogP contribution in [0.3, 0.4) is 0 Å². The lowest BCUT2D eigenvalue weighted by atomic mass is 9.89. The number of hydrogen-bond acceptors (Lipinski definition) is 3. The van der Waals surface area contributed by atoms with Gasteiger partial charge in [0.15, 0.2) is 0 Å². The Morgan fingerprint density at radius 3 is 2.50 bits per heavy atom. The fraction of sp³-hybridized carbons (Fsp3) is 0.562. The summed E-state index contributed by atoms with van der Waals surface area (Å²) in [5.41, 5.74) is 3.97. The van der Waals surface area contributed by atoms with Crippen LogP contribution in [-0.2, 0) is 25.6 Å². The molecule has 4 heteroatoms. The molecule has 110 valence electrons. The number of aryl methyl sites for hydroxylation is 3. The molecule has 0 radical (unpaired) electrons. The number of hydrogen-bond donors (Lipinski definition) is 1. The average Bonchev–Trinajstić information content (AvgIpc) is 2.83. The third-order valence-electron chi connectivity index (χ3n) is 3.45. The van der Waals surface area contributed by atoms with E-state index in [1.54, 1.807) is 0 Å². The predicted molar refractivity (Wildman–Crippen MR) is 86.2 cm³/mol. The van der Waals surface area contributed by atoms with Crippen molar-refractivity contribution in [1.29, 1.82) is 0 Å². The summed E-state index contributed by atoms with van der Waals surface area (Å²) < 4.78 is 1.91. The molecule has 20 heavy (non-hydrogen) atoms. The average molecular weight is 291 g/mol. The molecular formula is C16H25N3S. The second-order valence-corrected chi connectivity index (χ2v) is 7.82. The molecule has 2 rings (SSSR count). The first-order valence-corrected chi connectivity index (χ1v) is 7.88. The molecule has 0 fully saturated rings. The van der Waals surface area contributed by atoms with E-state index in [1.807, 2.05) is 23.1 Å². The first-order chi connectivity index (χ1) is 9.27. The highest BCUT2D eigenvalue weighted by Crippen LogP contribution is 2.24.